The number of thioether (sulfide) groups is 1. The first-order valence-electron chi connectivity index (χ1n) is 5.76. The number of sulfonamides is 1. The van der Waals surface area contributed by atoms with E-state index >= 15 is 0 Å². The van der Waals surface area contributed by atoms with Crippen molar-refractivity contribution >= 4 is 21.8 Å². The van der Waals surface area contributed by atoms with E-state index in [1.165, 1.54) is 4.31 Å². The Balaban J connectivity index is 2.84. The van der Waals surface area contributed by atoms with Crippen LogP contribution in [-0.4, -0.2) is 44.9 Å². The highest BCUT2D eigenvalue weighted by Gasteiger charge is 2.19. The predicted octanol–water partition coefficient (Wildman–Crippen LogP) is 1.17. The molecule has 1 aromatic rings. The summed E-state index contributed by atoms with van der Waals surface area (Å²) < 4.78 is 25.8. The van der Waals surface area contributed by atoms with Crippen molar-refractivity contribution in [2.75, 3.05) is 32.1 Å². The zero-order valence-corrected chi connectivity index (χ0v) is 12.4. The van der Waals surface area contributed by atoms with Gasteiger partial charge in [-0.15, -0.1) is 0 Å². The Morgan fingerprint density at radius 3 is 2.39 bits per heavy atom. The molecule has 102 valence electrons. The fraction of sp³-hybridized carbons (Fsp3) is 0.500. The summed E-state index contributed by atoms with van der Waals surface area (Å²) in [4.78, 5) is 0.340. The van der Waals surface area contributed by atoms with E-state index in [1.807, 2.05) is 18.4 Å². The van der Waals surface area contributed by atoms with Gasteiger partial charge in [-0.3, -0.25) is 0 Å². The molecular weight excluding hydrogens is 268 g/mol. The van der Waals surface area contributed by atoms with Crippen molar-refractivity contribution in [3.8, 4) is 0 Å². The lowest BCUT2D eigenvalue weighted by Gasteiger charge is -2.16. The van der Waals surface area contributed by atoms with Gasteiger partial charge < -0.3 is 5.73 Å². The maximum absolute atomic E-state index is 12.2. The zero-order valence-electron chi connectivity index (χ0n) is 10.8. The molecule has 0 aliphatic carbocycles. The van der Waals surface area contributed by atoms with Crippen molar-refractivity contribution < 1.29 is 8.42 Å². The van der Waals surface area contributed by atoms with Crippen LogP contribution in [-0.2, 0) is 16.4 Å². The van der Waals surface area contributed by atoms with E-state index in [0.29, 0.717) is 18.0 Å². The standard InChI is InChI=1S/C12H20N2O2S2/c1-14(9-10-17-2)18(15,16)12-5-3-11(4-6-12)7-8-13/h3-6H,7-10,13H2,1-2H3. The number of rotatable bonds is 7. The number of nitrogens with zero attached hydrogens (tertiary/aromatic N) is 1. The van der Waals surface area contributed by atoms with E-state index in [-0.39, 0.29) is 0 Å². The monoisotopic (exact) mass is 288 g/mol. The number of benzene rings is 1. The van der Waals surface area contributed by atoms with Crippen molar-refractivity contribution in [3.63, 3.8) is 0 Å². The Kier molecular flexibility index (Phi) is 6.14. The number of hydrogen-bond acceptors (Lipinski definition) is 4. The van der Waals surface area contributed by atoms with Crippen LogP contribution in [0.1, 0.15) is 5.56 Å². The lowest BCUT2D eigenvalue weighted by atomic mass is 10.2. The lowest BCUT2D eigenvalue weighted by Crippen LogP contribution is -2.29. The minimum absolute atomic E-state index is 0.340. The maximum atomic E-state index is 12.2. The molecular formula is C12H20N2O2S2. The molecule has 0 atom stereocenters. The van der Waals surface area contributed by atoms with Crippen molar-refractivity contribution in [1.29, 1.82) is 0 Å². The van der Waals surface area contributed by atoms with Gasteiger partial charge in [0.2, 0.25) is 10.0 Å². The molecule has 0 aliphatic heterocycles. The topological polar surface area (TPSA) is 63.4 Å². The molecule has 0 unspecified atom stereocenters. The molecule has 1 rings (SSSR count). The highest BCUT2D eigenvalue weighted by molar-refractivity contribution is 7.98. The van der Waals surface area contributed by atoms with Gasteiger partial charge in [0.25, 0.3) is 0 Å². The van der Waals surface area contributed by atoms with E-state index in [9.17, 15) is 8.42 Å². The third-order valence-corrected chi connectivity index (χ3v) is 5.14. The molecule has 2 N–H and O–H groups in total. The van der Waals surface area contributed by atoms with Crippen molar-refractivity contribution in [3.05, 3.63) is 29.8 Å². The van der Waals surface area contributed by atoms with E-state index in [4.69, 9.17) is 5.73 Å². The Labute approximate surface area is 114 Å². The molecule has 0 aliphatic rings. The van der Waals surface area contributed by atoms with Crippen molar-refractivity contribution in [2.24, 2.45) is 5.73 Å². The molecule has 1 aromatic carbocycles. The molecule has 0 saturated carbocycles. The zero-order chi connectivity index (χ0) is 13.6. The molecule has 0 saturated heterocycles. The highest BCUT2D eigenvalue weighted by Crippen LogP contribution is 2.15. The second kappa shape index (κ2) is 7.13. The quantitative estimate of drug-likeness (QED) is 0.818. The van der Waals surface area contributed by atoms with Crippen LogP contribution in [0.4, 0.5) is 0 Å². The molecule has 0 bridgehead atoms. The van der Waals surface area contributed by atoms with E-state index in [2.05, 4.69) is 0 Å². The Hall–Kier alpha value is -0.560. The van der Waals surface area contributed by atoms with Crippen LogP contribution in [0.3, 0.4) is 0 Å². The minimum Gasteiger partial charge on any atom is -0.330 e. The number of hydrogen-bond donors (Lipinski definition) is 1. The van der Waals surface area contributed by atoms with Crippen LogP contribution in [0.5, 0.6) is 0 Å². The largest absolute Gasteiger partial charge is 0.330 e. The van der Waals surface area contributed by atoms with Crippen molar-refractivity contribution in [1.82, 2.24) is 4.31 Å². The van der Waals surface area contributed by atoms with Gasteiger partial charge in [-0.25, -0.2) is 12.7 Å². The average Bonchev–Trinajstić information content (AvgIpc) is 2.37. The summed E-state index contributed by atoms with van der Waals surface area (Å²) >= 11 is 1.63. The van der Waals surface area contributed by atoms with Gasteiger partial charge in [0, 0.05) is 19.3 Å². The molecule has 0 aromatic heterocycles. The molecule has 4 nitrogen and oxygen atoms in total. The van der Waals surface area contributed by atoms with E-state index in [1.54, 1.807) is 30.9 Å². The van der Waals surface area contributed by atoms with Crippen molar-refractivity contribution in [2.45, 2.75) is 11.3 Å². The van der Waals surface area contributed by atoms with Crippen LogP contribution in [0.25, 0.3) is 0 Å². The fourth-order valence-corrected chi connectivity index (χ4v) is 3.26. The Bertz CT molecular complexity index is 457. The molecule has 0 heterocycles. The van der Waals surface area contributed by atoms with Crippen LogP contribution in [0.2, 0.25) is 0 Å². The predicted molar refractivity (Wildman–Crippen MR) is 77.4 cm³/mol. The summed E-state index contributed by atoms with van der Waals surface area (Å²) in [5.74, 6) is 0.793. The SMILES string of the molecule is CSCCN(C)S(=O)(=O)c1ccc(CCN)cc1. The van der Waals surface area contributed by atoms with Crippen LogP contribution in [0, 0.1) is 0 Å². The smallest absolute Gasteiger partial charge is 0.242 e. The molecule has 0 radical (unpaired) electrons. The fourth-order valence-electron chi connectivity index (χ4n) is 1.51. The highest BCUT2D eigenvalue weighted by atomic mass is 32.2. The average molecular weight is 288 g/mol. The van der Waals surface area contributed by atoms with Crippen LogP contribution in [0.15, 0.2) is 29.2 Å². The van der Waals surface area contributed by atoms with Gasteiger partial charge in [-0.1, -0.05) is 12.1 Å². The number of nitrogens with two attached hydrogens (primary N) is 1. The van der Waals surface area contributed by atoms with Gasteiger partial charge in [0.05, 0.1) is 4.90 Å². The molecule has 0 amide bonds. The second-order valence-corrected chi connectivity index (χ2v) is 7.03. The molecule has 0 spiro atoms. The lowest BCUT2D eigenvalue weighted by molar-refractivity contribution is 0.488. The first-order valence-corrected chi connectivity index (χ1v) is 8.60. The van der Waals surface area contributed by atoms with Crippen LogP contribution < -0.4 is 5.73 Å². The third-order valence-electron chi connectivity index (χ3n) is 2.67. The first-order chi connectivity index (χ1) is 8.52. The summed E-state index contributed by atoms with van der Waals surface area (Å²) in [6.45, 7) is 1.09. The normalized spacial score (nSPS) is 12.0. The molecule has 0 fully saturated rings. The van der Waals surface area contributed by atoms with Crippen LogP contribution >= 0.6 is 11.8 Å². The maximum Gasteiger partial charge on any atom is 0.242 e. The van der Waals surface area contributed by atoms with Gasteiger partial charge in [0.15, 0.2) is 0 Å². The summed E-state index contributed by atoms with van der Waals surface area (Å²) in [6, 6.07) is 6.94. The minimum atomic E-state index is -3.35. The molecule has 18 heavy (non-hydrogen) atoms. The van der Waals surface area contributed by atoms with Gasteiger partial charge in [-0.05, 0) is 36.9 Å². The Morgan fingerprint density at radius 1 is 1.28 bits per heavy atom. The van der Waals surface area contributed by atoms with Gasteiger partial charge in [-0.2, -0.15) is 11.8 Å². The summed E-state index contributed by atoms with van der Waals surface area (Å²) in [5.41, 5.74) is 6.52. The van der Waals surface area contributed by atoms with Gasteiger partial charge >= 0.3 is 0 Å². The van der Waals surface area contributed by atoms with E-state index in [0.717, 1.165) is 17.7 Å². The summed E-state index contributed by atoms with van der Waals surface area (Å²) in [7, 11) is -1.74. The van der Waals surface area contributed by atoms with Gasteiger partial charge in [0.1, 0.15) is 0 Å². The first kappa shape index (κ1) is 15.5. The van der Waals surface area contributed by atoms with E-state index < -0.39 is 10.0 Å². The Morgan fingerprint density at radius 2 is 1.89 bits per heavy atom. The molecule has 6 heteroatoms. The third kappa shape index (κ3) is 3.98. The summed E-state index contributed by atoms with van der Waals surface area (Å²) in [5, 5.41) is 0. The summed E-state index contributed by atoms with van der Waals surface area (Å²) in [6.07, 6.45) is 2.73. The second-order valence-electron chi connectivity index (χ2n) is 4.00.